The zero-order chi connectivity index (χ0) is 21.6. The summed E-state index contributed by atoms with van der Waals surface area (Å²) in [6.07, 6.45) is 4.29. The summed E-state index contributed by atoms with van der Waals surface area (Å²) >= 11 is 1.80. The van der Waals surface area contributed by atoms with Crippen LogP contribution < -0.4 is 5.56 Å². The van der Waals surface area contributed by atoms with Crippen LogP contribution in [0.2, 0.25) is 0 Å². The molecule has 4 heterocycles. The molecule has 2 aromatic rings. The van der Waals surface area contributed by atoms with Gasteiger partial charge in [0.05, 0.1) is 18.7 Å². The molecule has 2 aliphatic heterocycles. The molecule has 0 aliphatic carbocycles. The predicted octanol–water partition coefficient (Wildman–Crippen LogP) is 2.95. The molecule has 0 bridgehead atoms. The largest absolute Gasteiger partial charge is 0.384 e. The molecular formula is C23H32N4O3S. The van der Waals surface area contributed by atoms with E-state index in [4.69, 9.17) is 9.72 Å². The van der Waals surface area contributed by atoms with Gasteiger partial charge in [-0.3, -0.25) is 14.5 Å². The standard InChI is InChI=1S/C23H32N4O3S/c1-30-12-8-22(29)27-10-6-17(7-11-27)23-24-20(14-21(28)25-23)18-4-2-9-26(15-18)16-19-5-3-13-31-19/h3,5,13-14,17-18H,2,4,6-12,15-16H2,1H3,(H,24,25,28)/t18-/m0/s1. The van der Waals surface area contributed by atoms with E-state index in [1.807, 2.05) is 4.90 Å². The minimum atomic E-state index is -0.0611. The van der Waals surface area contributed by atoms with Gasteiger partial charge in [-0.25, -0.2) is 4.98 Å². The molecule has 2 aliphatic rings. The number of carbonyl (C=O) groups is 1. The van der Waals surface area contributed by atoms with Gasteiger partial charge in [-0.05, 0) is 43.7 Å². The Kier molecular flexibility index (Phi) is 7.53. The van der Waals surface area contributed by atoms with Gasteiger partial charge in [-0.2, -0.15) is 0 Å². The fraction of sp³-hybridized carbons (Fsp3) is 0.609. The Bertz CT molecular complexity index is 906. The number of rotatable bonds is 7. The van der Waals surface area contributed by atoms with Gasteiger partial charge < -0.3 is 14.6 Å². The van der Waals surface area contributed by atoms with Gasteiger partial charge in [0.2, 0.25) is 5.91 Å². The smallest absolute Gasteiger partial charge is 0.251 e. The fourth-order valence-electron chi connectivity index (χ4n) is 4.71. The van der Waals surface area contributed by atoms with Crippen molar-refractivity contribution in [2.24, 2.45) is 0 Å². The molecule has 168 valence electrons. The number of methoxy groups -OCH3 is 1. The van der Waals surface area contributed by atoms with Gasteiger partial charge in [0.25, 0.3) is 5.56 Å². The first-order chi connectivity index (χ1) is 15.1. The third kappa shape index (κ3) is 5.81. The van der Waals surface area contributed by atoms with Gasteiger partial charge in [-0.15, -0.1) is 11.3 Å². The van der Waals surface area contributed by atoms with Crippen molar-refractivity contribution in [1.82, 2.24) is 19.8 Å². The van der Waals surface area contributed by atoms with Crippen LogP contribution in [-0.2, 0) is 16.1 Å². The first-order valence-electron chi connectivity index (χ1n) is 11.2. The highest BCUT2D eigenvalue weighted by Gasteiger charge is 2.27. The van der Waals surface area contributed by atoms with Crippen LogP contribution >= 0.6 is 11.3 Å². The Hall–Kier alpha value is -2.03. The van der Waals surface area contributed by atoms with Crippen molar-refractivity contribution in [2.75, 3.05) is 39.9 Å². The molecule has 0 aromatic carbocycles. The van der Waals surface area contributed by atoms with Crippen molar-refractivity contribution in [3.05, 3.63) is 50.3 Å². The van der Waals surface area contributed by atoms with E-state index in [0.717, 1.165) is 56.8 Å². The topological polar surface area (TPSA) is 78.5 Å². The number of amides is 1. The molecule has 8 heteroatoms. The van der Waals surface area contributed by atoms with E-state index < -0.39 is 0 Å². The number of piperidine rings is 2. The Morgan fingerprint density at radius 2 is 2.10 bits per heavy atom. The molecule has 1 amide bonds. The number of hydrogen-bond donors (Lipinski definition) is 1. The molecule has 31 heavy (non-hydrogen) atoms. The van der Waals surface area contributed by atoms with E-state index in [-0.39, 0.29) is 17.4 Å². The fourth-order valence-corrected chi connectivity index (χ4v) is 5.46. The van der Waals surface area contributed by atoms with E-state index in [2.05, 4.69) is 27.4 Å². The van der Waals surface area contributed by atoms with Crippen molar-refractivity contribution >= 4 is 17.2 Å². The Morgan fingerprint density at radius 3 is 2.84 bits per heavy atom. The van der Waals surface area contributed by atoms with Gasteiger partial charge in [0.15, 0.2) is 0 Å². The maximum Gasteiger partial charge on any atom is 0.251 e. The first-order valence-corrected chi connectivity index (χ1v) is 12.1. The van der Waals surface area contributed by atoms with E-state index in [1.165, 1.54) is 4.88 Å². The maximum atomic E-state index is 12.4. The van der Waals surface area contributed by atoms with Gasteiger partial charge in [-0.1, -0.05) is 6.07 Å². The predicted molar refractivity (Wildman–Crippen MR) is 121 cm³/mol. The average Bonchev–Trinajstić information content (AvgIpc) is 3.30. The van der Waals surface area contributed by atoms with Crippen molar-refractivity contribution in [1.29, 1.82) is 0 Å². The molecule has 0 saturated carbocycles. The highest BCUT2D eigenvalue weighted by molar-refractivity contribution is 7.09. The molecule has 2 saturated heterocycles. The molecule has 1 atom stereocenters. The van der Waals surface area contributed by atoms with Crippen LogP contribution in [0.3, 0.4) is 0 Å². The lowest BCUT2D eigenvalue weighted by Gasteiger charge is -2.33. The van der Waals surface area contributed by atoms with Crippen molar-refractivity contribution in [2.45, 2.75) is 50.5 Å². The molecule has 1 N–H and O–H groups in total. The van der Waals surface area contributed by atoms with Crippen LogP contribution in [0.1, 0.15) is 60.3 Å². The molecule has 0 unspecified atom stereocenters. The zero-order valence-electron chi connectivity index (χ0n) is 18.2. The summed E-state index contributed by atoms with van der Waals surface area (Å²) in [6.45, 7) is 4.89. The Morgan fingerprint density at radius 1 is 1.26 bits per heavy atom. The summed E-state index contributed by atoms with van der Waals surface area (Å²) < 4.78 is 5.01. The van der Waals surface area contributed by atoms with Crippen molar-refractivity contribution in [3.63, 3.8) is 0 Å². The quantitative estimate of drug-likeness (QED) is 0.710. The van der Waals surface area contributed by atoms with Crippen molar-refractivity contribution in [3.8, 4) is 0 Å². The summed E-state index contributed by atoms with van der Waals surface area (Å²) in [5.74, 6) is 1.43. The number of aromatic amines is 1. The van der Waals surface area contributed by atoms with Crippen LogP contribution in [0.5, 0.6) is 0 Å². The second kappa shape index (κ2) is 10.5. The molecule has 2 aromatic heterocycles. The second-order valence-corrected chi connectivity index (χ2v) is 9.64. The molecule has 0 radical (unpaired) electrons. The normalized spacial score (nSPS) is 20.8. The number of ether oxygens (including phenoxy) is 1. The van der Waals surface area contributed by atoms with Crippen LogP contribution in [0, 0.1) is 0 Å². The van der Waals surface area contributed by atoms with E-state index in [0.29, 0.717) is 32.0 Å². The third-order valence-electron chi connectivity index (χ3n) is 6.42. The number of thiophene rings is 1. The third-order valence-corrected chi connectivity index (χ3v) is 7.28. The molecule has 7 nitrogen and oxygen atoms in total. The zero-order valence-corrected chi connectivity index (χ0v) is 19.0. The van der Waals surface area contributed by atoms with E-state index in [9.17, 15) is 9.59 Å². The van der Waals surface area contributed by atoms with Crippen molar-refractivity contribution < 1.29 is 9.53 Å². The summed E-state index contributed by atoms with van der Waals surface area (Å²) in [5.41, 5.74) is 0.863. The minimum absolute atomic E-state index is 0.0611. The van der Waals surface area contributed by atoms with Crippen LogP contribution in [-0.4, -0.2) is 65.6 Å². The number of nitrogens with zero attached hydrogens (tertiary/aromatic N) is 3. The molecular weight excluding hydrogens is 412 g/mol. The highest BCUT2D eigenvalue weighted by Crippen LogP contribution is 2.29. The number of H-pyrrole nitrogens is 1. The summed E-state index contributed by atoms with van der Waals surface area (Å²) in [5, 5.41) is 2.12. The monoisotopic (exact) mass is 444 g/mol. The molecule has 2 fully saturated rings. The summed E-state index contributed by atoms with van der Waals surface area (Å²) in [6, 6.07) is 5.97. The number of aromatic nitrogens is 2. The van der Waals surface area contributed by atoms with Crippen LogP contribution in [0.4, 0.5) is 0 Å². The Balaban J connectivity index is 1.39. The van der Waals surface area contributed by atoms with Gasteiger partial charge in [0.1, 0.15) is 5.82 Å². The highest BCUT2D eigenvalue weighted by atomic mass is 32.1. The lowest BCUT2D eigenvalue weighted by molar-refractivity contribution is -0.133. The first kappa shape index (κ1) is 22.2. The number of likely N-dealkylation sites (tertiary alicyclic amines) is 2. The lowest BCUT2D eigenvalue weighted by atomic mass is 9.92. The minimum Gasteiger partial charge on any atom is -0.384 e. The summed E-state index contributed by atoms with van der Waals surface area (Å²) in [7, 11) is 1.61. The maximum absolute atomic E-state index is 12.4. The molecule has 4 rings (SSSR count). The van der Waals surface area contributed by atoms with Crippen LogP contribution in [0.15, 0.2) is 28.4 Å². The number of carbonyl (C=O) groups excluding carboxylic acids is 1. The molecule has 0 spiro atoms. The van der Waals surface area contributed by atoms with Crippen LogP contribution in [0.25, 0.3) is 0 Å². The summed E-state index contributed by atoms with van der Waals surface area (Å²) in [4.78, 5) is 38.3. The average molecular weight is 445 g/mol. The number of hydrogen-bond acceptors (Lipinski definition) is 6. The van der Waals surface area contributed by atoms with Gasteiger partial charge in [0, 0.05) is 56.1 Å². The Labute approximate surface area is 187 Å². The van der Waals surface area contributed by atoms with Gasteiger partial charge >= 0.3 is 0 Å². The second-order valence-electron chi connectivity index (χ2n) is 8.61. The van der Waals surface area contributed by atoms with E-state index >= 15 is 0 Å². The van der Waals surface area contributed by atoms with E-state index in [1.54, 1.807) is 24.5 Å². The lowest BCUT2D eigenvalue weighted by Crippen LogP contribution is -2.39. The number of nitrogens with one attached hydrogen (secondary N) is 1. The SMILES string of the molecule is COCCC(=O)N1CCC(c2nc([C@H]3CCCN(Cc4cccs4)C3)cc(=O)[nH]2)CC1.